The van der Waals surface area contributed by atoms with E-state index in [-0.39, 0.29) is 6.54 Å². The monoisotopic (exact) mass is 265 g/mol. The number of carbonyl (C=O) groups is 3. The van der Waals surface area contributed by atoms with Crippen LogP contribution in [0.4, 0.5) is 4.79 Å². The second kappa shape index (κ2) is 6.60. The number of hydrogen-bond donors (Lipinski definition) is 4. The van der Waals surface area contributed by atoms with E-state index in [4.69, 9.17) is 5.11 Å². The van der Waals surface area contributed by atoms with Crippen molar-refractivity contribution < 1.29 is 27.9 Å². The molecule has 17 heavy (non-hydrogen) atoms. The van der Waals surface area contributed by atoms with Gasteiger partial charge in [-0.3, -0.25) is 10.1 Å². The Hall–Kier alpha value is -1.94. The lowest BCUT2D eigenvalue weighted by Crippen LogP contribution is -2.41. The second-order valence-electron chi connectivity index (χ2n) is 2.78. The normalized spacial score (nSPS) is 11.1. The summed E-state index contributed by atoms with van der Waals surface area (Å²) < 4.78 is 21.0. The van der Waals surface area contributed by atoms with Crippen molar-refractivity contribution in [2.24, 2.45) is 5.14 Å². The molecule has 0 aromatic rings. The Morgan fingerprint density at radius 3 is 2.29 bits per heavy atom. The topological polar surface area (TPSA) is 156 Å². The predicted octanol–water partition coefficient (Wildman–Crippen LogP) is -2.26. The summed E-state index contributed by atoms with van der Waals surface area (Å²) in [5.74, 6) is -2.75. The molecule has 0 aliphatic carbocycles. The molecule has 3 amide bonds. The zero-order chi connectivity index (χ0) is 13.5. The summed E-state index contributed by atoms with van der Waals surface area (Å²) in [6, 6.07) is -0.950. The lowest BCUT2D eigenvalue weighted by Gasteiger charge is -2.03. The third-order valence-corrected chi connectivity index (χ3v) is 2.06. The molecular weight excluding hydrogens is 254 g/mol. The van der Waals surface area contributed by atoms with Crippen LogP contribution in [0.2, 0.25) is 0 Å². The number of imide groups is 1. The zero-order valence-corrected chi connectivity index (χ0v) is 9.36. The van der Waals surface area contributed by atoms with Crippen molar-refractivity contribution in [2.75, 3.05) is 12.3 Å². The SMILES string of the molecule is NS(=O)(=O)CCNC(=O)NC(=O)/C=C/C(=O)O. The van der Waals surface area contributed by atoms with Crippen molar-refractivity contribution >= 4 is 27.9 Å². The first kappa shape index (κ1) is 15.1. The maximum atomic E-state index is 10.9. The number of hydrogen-bond acceptors (Lipinski definition) is 5. The lowest BCUT2D eigenvalue weighted by atomic mass is 10.5. The number of rotatable bonds is 5. The highest BCUT2D eigenvalue weighted by Crippen LogP contribution is 1.77. The van der Waals surface area contributed by atoms with Crippen molar-refractivity contribution in [3.63, 3.8) is 0 Å². The van der Waals surface area contributed by atoms with Crippen LogP contribution in [0.15, 0.2) is 12.2 Å². The van der Waals surface area contributed by atoms with E-state index < -0.39 is 33.7 Å². The quantitative estimate of drug-likeness (QED) is 0.411. The van der Waals surface area contributed by atoms with Crippen molar-refractivity contribution in [1.82, 2.24) is 10.6 Å². The fourth-order valence-corrected chi connectivity index (χ4v) is 1.04. The Balaban J connectivity index is 3.95. The lowest BCUT2D eigenvalue weighted by molar-refractivity contribution is -0.131. The van der Waals surface area contributed by atoms with E-state index >= 15 is 0 Å². The van der Waals surface area contributed by atoms with Gasteiger partial charge in [0.15, 0.2) is 0 Å². The molecule has 0 heterocycles. The molecule has 0 aliphatic heterocycles. The van der Waals surface area contributed by atoms with Gasteiger partial charge in [0.05, 0.1) is 5.75 Å². The Morgan fingerprint density at radius 1 is 1.24 bits per heavy atom. The molecule has 0 saturated carbocycles. The number of nitrogens with two attached hydrogens (primary N) is 1. The van der Waals surface area contributed by atoms with E-state index in [1.54, 1.807) is 5.32 Å². The van der Waals surface area contributed by atoms with Crippen molar-refractivity contribution in [1.29, 1.82) is 0 Å². The molecule has 0 aliphatic rings. The summed E-state index contributed by atoms with van der Waals surface area (Å²) in [6.45, 7) is -0.263. The second-order valence-corrected chi connectivity index (χ2v) is 4.52. The van der Waals surface area contributed by atoms with Gasteiger partial charge in [0.2, 0.25) is 10.0 Å². The van der Waals surface area contributed by atoms with Gasteiger partial charge >= 0.3 is 12.0 Å². The van der Waals surface area contributed by atoms with Gasteiger partial charge in [-0.1, -0.05) is 0 Å². The number of urea groups is 1. The first-order chi connectivity index (χ1) is 7.70. The summed E-state index contributed by atoms with van der Waals surface area (Å²) in [4.78, 5) is 31.8. The van der Waals surface area contributed by atoms with E-state index in [0.29, 0.717) is 12.2 Å². The molecule has 96 valence electrons. The van der Waals surface area contributed by atoms with E-state index in [2.05, 4.69) is 5.14 Å². The van der Waals surface area contributed by atoms with Crippen LogP contribution in [-0.4, -0.2) is 43.7 Å². The molecule has 0 saturated heterocycles. The number of amides is 3. The number of sulfonamides is 1. The van der Waals surface area contributed by atoms with Crippen LogP contribution >= 0.6 is 0 Å². The summed E-state index contributed by atoms with van der Waals surface area (Å²) in [7, 11) is -3.69. The fraction of sp³-hybridized carbons (Fsp3) is 0.286. The molecule has 0 atom stereocenters. The molecule has 10 heteroatoms. The zero-order valence-electron chi connectivity index (χ0n) is 8.54. The summed E-state index contributed by atoms with van der Waals surface area (Å²) in [5.41, 5.74) is 0. The number of nitrogens with one attached hydrogen (secondary N) is 2. The third kappa shape index (κ3) is 10.3. The predicted molar refractivity (Wildman–Crippen MR) is 56.3 cm³/mol. The molecule has 0 spiro atoms. The van der Waals surface area contributed by atoms with Crippen molar-refractivity contribution in [3.8, 4) is 0 Å². The fourth-order valence-electron chi connectivity index (χ4n) is 0.652. The van der Waals surface area contributed by atoms with E-state index in [9.17, 15) is 22.8 Å². The van der Waals surface area contributed by atoms with Gasteiger partial charge in [-0.15, -0.1) is 0 Å². The average Bonchev–Trinajstić information content (AvgIpc) is 2.12. The van der Waals surface area contributed by atoms with Gasteiger partial charge < -0.3 is 10.4 Å². The minimum Gasteiger partial charge on any atom is -0.478 e. The highest BCUT2D eigenvalue weighted by atomic mass is 32.2. The molecule has 5 N–H and O–H groups in total. The van der Waals surface area contributed by atoms with E-state index in [1.807, 2.05) is 5.32 Å². The molecular formula is C7H11N3O6S. The van der Waals surface area contributed by atoms with Crippen LogP contribution in [0.1, 0.15) is 0 Å². The Kier molecular flexibility index (Phi) is 5.85. The van der Waals surface area contributed by atoms with E-state index in [0.717, 1.165) is 0 Å². The summed E-state index contributed by atoms with van der Waals surface area (Å²) >= 11 is 0. The molecule has 0 radical (unpaired) electrons. The van der Waals surface area contributed by atoms with Gasteiger partial charge in [-0.2, -0.15) is 0 Å². The van der Waals surface area contributed by atoms with Gasteiger partial charge in [0.25, 0.3) is 5.91 Å². The van der Waals surface area contributed by atoms with E-state index in [1.165, 1.54) is 0 Å². The molecule has 0 aromatic carbocycles. The smallest absolute Gasteiger partial charge is 0.328 e. The van der Waals surface area contributed by atoms with Gasteiger partial charge in [-0.25, -0.2) is 23.1 Å². The van der Waals surface area contributed by atoms with Gasteiger partial charge in [0.1, 0.15) is 0 Å². The van der Waals surface area contributed by atoms with Crippen LogP contribution in [0.25, 0.3) is 0 Å². The third-order valence-electron chi connectivity index (χ3n) is 1.29. The maximum absolute atomic E-state index is 10.9. The highest BCUT2D eigenvalue weighted by molar-refractivity contribution is 7.89. The number of aliphatic carboxylic acids is 1. The Labute approximate surface area is 96.7 Å². The summed E-state index contributed by atoms with van der Waals surface area (Å²) in [6.07, 6.45) is 1.19. The molecule has 0 aromatic heterocycles. The first-order valence-electron chi connectivity index (χ1n) is 4.21. The van der Waals surface area contributed by atoms with Crippen LogP contribution < -0.4 is 15.8 Å². The van der Waals surface area contributed by atoms with Crippen molar-refractivity contribution in [3.05, 3.63) is 12.2 Å². The molecule has 0 rings (SSSR count). The Bertz CT molecular complexity index is 441. The largest absolute Gasteiger partial charge is 0.478 e. The van der Waals surface area contributed by atoms with Crippen LogP contribution in [-0.2, 0) is 19.6 Å². The molecule has 9 nitrogen and oxygen atoms in total. The first-order valence-corrected chi connectivity index (χ1v) is 5.92. The number of carboxylic acids is 1. The number of carboxylic acid groups (broad SMARTS) is 1. The van der Waals surface area contributed by atoms with Crippen LogP contribution in [0.3, 0.4) is 0 Å². The number of primary sulfonamides is 1. The number of carbonyl (C=O) groups excluding carboxylic acids is 2. The van der Waals surface area contributed by atoms with Crippen LogP contribution in [0.5, 0.6) is 0 Å². The van der Waals surface area contributed by atoms with Crippen molar-refractivity contribution in [2.45, 2.75) is 0 Å². The molecule has 0 bridgehead atoms. The maximum Gasteiger partial charge on any atom is 0.328 e. The van der Waals surface area contributed by atoms with Crippen LogP contribution in [0, 0.1) is 0 Å². The molecule has 0 fully saturated rings. The molecule has 0 unspecified atom stereocenters. The average molecular weight is 265 g/mol. The van der Waals surface area contributed by atoms with Gasteiger partial charge in [-0.05, 0) is 0 Å². The van der Waals surface area contributed by atoms with Gasteiger partial charge in [0, 0.05) is 18.7 Å². The standard InChI is InChI=1S/C7H11N3O6S/c8-17(15,16)4-3-9-7(14)10-5(11)1-2-6(12)13/h1-2H,3-4H2,(H,12,13)(H2,8,15,16)(H2,9,10,11,14)/b2-1+. The Morgan fingerprint density at radius 2 is 1.82 bits per heavy atom. The highest BCUT2D eigenvalue weighted by Gasteiger charge is 2.06. The minimum atomic E-state index is -3.69. The minimum absolute atomic E-state index is 0.263. The summed E-state index contributed by atoms with van der Waals surface area (Å²) in [5, 5.41) is 16.6.